The minimum absolute atomic E-state index is 0.0406. The fourth-order valence-electron chi connectivity index (χ4n) is 3.31. The average molecular weight is 317 g/mol. The van der Waals surface area contributed by atoms with Crippen molar-refractivity contribution in [1.29, 1.82) is 0 Å². The maximum Gasteiger partial charge on any atom is 0.224 e. The Labute approximate surface area is 133 Å². The fourth-order valence-corrected chi connectivity index (χ4v) is 3.51. The van der Waals surface area contributed by atoms with Crippen LogP contribution in [0.2, 0.25) is 5.02 Å². The lowest BCUT2D eigenvalue weighted by atomic mass is 9.76. The molecule has 0 radical (unpaired) electrons. The molecule has 22 heavy (non-hydrogen) atoms. The van der Waals surface area contributed by atoms with Gasteiger partial charge in [-0.25, -0.2) is 4.98 Å². The van der Waals surface area contributed by atoms with Crippen molar-refractivity contribution in [3.8, 4) is 0 Å². The predicted octanol–water partition coefficient (Wildman–Crippen LogP) is 2.76. The van der Waals surface area contributed by atoms with Gasteiger partial charge in [-0.15, -0.1) is 0 Å². The Bertz CT molecular complexity index is 696. The molecule has 1 amide bonds. The summed E-state index contributed by atoms with van der Waals surface area (Å²) in [6.45, 7) is 0. The lowest BCUT2D eigenvalue weighted by molar-refractivity contribution is -0.125. The summed E-state index contributed by atoms with van der Waals surface area (Å²) in [7, 11) is 0. The van der Waals surface area contributed by atoms with Crippen LogP contribution in [0.15, 0.2) is 30.6 Å². The predicted molar refractivity (Wildman–Crippen MR) is 82.4 cm³/mol. The molecular formula is C16H17ClN4O. The van der Waals surface area contributed by atoms with Gasteiger partial charge in [-0.1, -0.05) is 23.7 Å². The van der Waals surface area contributed by atoms with Crippen molar-refractivity contribution >= 4 is 17.5 Å². The fraction of sp³-hybridized carbons (Fsp3) is 0.438. The summed E-state index contributed by atoms with van der Waals surface area (Å²) in [6, 6.07) is 7.79. The third-order valence-corrected chi connectivity index (χ3v) is 5.08. The third-order valence-electron chi connectivity index (χ3n) is 4.84. The van der Waals surface area contributed by atoms with E-state index in [1.807, 2.05) is 24.3 Å². The molecule has 2 saturated carbocycles. The van der Waals surface area contributed by atoms with E-state index in [2.05, 4.69) is 20.5 Å². The molecule has 2 aliphatic carbocycles. The van der Waals surface area contributed by atoms with Gasteiger partial charge in [0, 0.05) is 10.9 Å². The molecule has 0 saturated heterocycles. The minimum Gasteiger partial charge on any atom is -0.343 e. The van der Waals surface area contributed by atoms with Crippen LogP contribution in [0.3, 0.4) is 0 Å². The van der Waals surface area contributed by atoms with Gasteiger partial charge in [0.25, 0.3) is 0 Å². The van der Waals surface area contributed by atoms with Gasteiger partial charge in [0.05, 0.1) is 5.54 Å². The summed E-state index contributed by atoms with van der Waals surface area (Å²) in [5.74, 6) is 1.21. The van der Waals surface area contributed by atoms with E-state index < -0.39 is 0 Å². The molecule has 2 N–H and O–H groups in total. The first-order valence-corrected chi connectivity index (χ1v) is 7.99. The van der Waals surface area contributed by atoms with E-state index in [0.717, 1.165) is 42.1 Å². The first-order valence-electron chi connectivity index (χ1n) is 7.61. The van der Waals surface area contributed by atoms with Gasteiger partial charge in [0.1, 0.15) is 12.2 Å². The third kappa shape index (κ3) is 2.29. The van der Waals surface area contributed by atoms with Crippen molar-refractivity contribution in [2.45, 2.75) is 37.1 Å². The van der Waals surface area contributed by atoms with E-state index >= 15 is 0 Å². The van der Waals surface area contributed by atoms with Crippen molar-refractivity contribution in [1.82, 2.24) is 20.5 Å². The standard InChI is InChI=1S/C16H17ClN4O/c17-11-4-1-3-10(7-11)12-8-13(12)14(22)20-16(5-2-6-16)15-18-9-19-21-15/h1,3-4,7,9,12-13H,2,5-6,8H2,(H,20,22)(H,18,19,21)/t12-,13-/m1/s1. The van der Waals surface area contributed by atoms with Crippen LogP contribution >= 0.6 is 11.6 Å². The first kappa shape index (κ1) is 13.8. The Morgan fingerprint density at radius 2 is 2.27 bits per heavy atom. The summed E-state index contributed by atoms with van der Waals surface area (Å²) < 4.78 is 0. The van der Waals surface area contributed by atoms with Crippen molar-refractivity contribution < 1.29 is 4.79 Å². The smallest absolute Gasteiger partial charge is 0.224 e. The Morgan fingerprint density at radius 1 is 1.41 bits per heavy atom. The quantitative estimate of drug-likeness (QED) is 0.911. The highest BCUT2D eigenvalue weighted by molar-refractivity contribution is 6.30. The summed E-state index contributed by atoms with van der Waals surface area (Å²) in [4.78, 5) is 16.8. The van der Waals surface area contributed by atoms with E-state index in [-0.39, 0.29) is 23.3 Å². The second-order valence-electron chi connectivity index (χ2n) is 6.26. The SMILES string of the molecule is O=C(NC1(c2ncn[nH]2)CCC1)[C@@H]1C[C@@H]1c1cccc(Cl)c1. The molecule has 2 aromatic rings. The number of rotatable bonds is 4. The molecule has 0 spiro atoms. The van der Waals surface area contributed by atoms with Gasteiger partial charge >= 0.3 is 0 Å². The lowest BCUT2D eigenvalue weighted by Crippen LogP contribution is -2.52. The number of hydrogen-bond donors (Lipinski definition) is 2. The number of carbonyl (C=O) groups excluding carboxylic acids is 1. The second-order valence-corrected chi connectivity index (χ2v) is 6.70. The molecule has 1 heterocycles. The Hall–Kier alpha value is -1.88. The maximum absolute atomic E-state index is 12.6. The van der Waals surface area contributed by atoms with Gasteiger partial charge in [0.2, 0.25) is 5.91 Å². The van der Waals surface area contributed by atoms with Crippen LogP contribution in [-0.4, -0.2) is 21.1 Å². The van der Waals surface area contributed by atoms with Crippen LogP contribution in [0.25, 0.3) is 0 Å². The highest BCUT2D eigenvalue weighted by atomic mass is 35.5. The average Bonchev–Trinajstić information content (AvgIpc) is 3.09. The van der Waals surface area contributed by atoms with Crippen LogP contribution in [0.5, 0.6) is 0 Å². The highest BCUT2D eigenvalue weighted by Crippen LogP contribution is 2.49. The first-order chi connectivity index (χ1) is 10.7. The largest absolute Gasteiger partial charge is 0.343 e. The van der Waals surface area contributed by atoms with E-state index in [1.165, 1.54) is 6.33 Å². The number of hydrogen-bond acceptors (Lipinski definition) is 3. The van der Waals surface area contributed by atoms with Crippen LogP contribution in [-0.2, 0) is 10.3 Å². The number of benzene rings is 1. The summed E-state index contributed by atoms with van der Waals surface area (Å²) in [5, 5.41) is 10.7. The number of halogens is 1. The molecule has 5 nitrogen and oxygen atoms in total. The van der Waals surface area contributed by atoms with Crippen LogP contribution in [0, 0.1) is 5.92 Å². The molecule has 2 fully saturated rings. The van der Waals surface area contributed by atoms with E-state index in [0.29, 0.717) is 0 Å². The van der Waals surface area contributed by atoms with Crippen LogP contribution in [0.4, 0.5) is 0 Å². The zero-order valence-corrected chi connectivity index (χ0v) is 12.8. The number of aromatic nitrogens is 3. The van der Waals surface area contributed by atoms with Gasteiger partial charge in [-0.2, -0.15) is 5.10 Å². The molecule has 0 aliphatic heterocycles. The van der Waals surface area contributed by atoms with Crippen LogP contribution < -0.4 is 5.32 Å². The summed E-state index contributed by atoms with van der Waals surface area (Å²) in [6.07, 6.45) is 5.32. The molecule has 2 atom stereocenters. The van der Waals surface area contributed by atoms with Crippen molar-refractivity contribution in [2.24, 2.45) is 5.92 Å². The summed E-state index contributed by atoms with van der Waals surface area (Å²) >= 11 is 6.03. The zero-order valence-electron chi connectivity index (χ0n) is 12.1. The number of nitrogens with zero attached hydrogens (tertiary/aromatic N) is 2. The Balaban J connectivity index is 1.46. The Kier molecular flexibility index (Phi) is 3.18. The molecule has 4 rings (SSSR count). The monoisotopic (exact) mass is 316 g/mol. The molecule has 114 valence electrons. The van der Waals surface area contributed by atoms with Gasteiger partial charge in [-0.3, -0.25) is 9.89 Å². The second kappa shape index (κ2) is 5.09. The number of nitrogens with one attached hydrogen (secondary N) is 2. The molecule has 0 unspecified atom stereocenters. The zero-order chi connectivity index (χ0) is 15.2. The molecular weight excluding hydrogens is 300 g/mol. The van der Waals surface area contributed by atoms with Crippen molar-refractivity contribution in [2.75, 3.05) is 0 Å². The van der Waals surface area contributed by atoms with E-state index in [4.69, 9.17) is 11.6 Å². The molecule has 2 aliphatic rings. The molecule has 1 aromatic carbocycles. The number of aromatic amines is 1. The maximum atomic E-state index is 12.6. The molecule has 6 heteroatoms. The van der Waals surface area contributed by atoms with E-state index in [1.54, 1.807) is 0 Å². The van der Waals surface area contributed by atoms with Gasteiger partial charge < -0.3 is 5.32 Å². The molecule has 1 aromatic heterocycles. The summed E-state index contributed by atoms with van der Waals surface area (Å²) in [5.41, 5.74) is 0.810. The number of carbonyl (C=O) groups is 1. The van der Waals surface area contributed by atoms with Gasteiger partial charge in [-0.05, 0) is 49.3 Å². The highest BCUT2D eigenvalue weighted by Gasteiger charge is 2.49. The van der Waals surface area contributed by atoms with Crippen molar-refractivity contribution in [3.05, 3.63) is 47.0 Å². The Morgan fingerprint density at radius 3 is 2.91 bits per heavy atom. The molecule has 0 bridgehead atoms. The number of H-pyrrole nitrogens is 1. The topological polar surface area (TPSA) is 70.7 Å². The minimum atomic E-state index is -0.338. The number of amides is 1. The lowest BCUT2D eigenvalue weighted by Gasteiger charge is -2.40. The van der Waals surface area contributed by atoms with Gasteiger partial charge in [0.15, 0.2) is 0 Å². The normalized spacial score (nSPS) is 25.3. The van der Waals surface area contributed by atoms with E-state index in [9.17, 15) is 4.79 Å². The van der Waals surface area contributed by atoms with Crippen LogP contribution in [0.1, 0.15) is 43.0 Å². The van der Waals surface area contributed by atoms with Crippen molar-refractivity contribution in [3.63, 3.8) is 0 Å².